The van der Waals surface area contributed by atoms with Gasteiger partial charge in [0.1, 0.15) is 5.82 Å². The van der Waals surface area contributed by atoms with E-state index in [0.29, 0.717) is 0 Å². The summed E-state index contributed by atoms with van der Waals surface area (Å²) in [5.41, 5.74) is 6.66. The highest BCUT2D eigenvalue weighted by atomic mass is 35.5. The van der Waals surface area contributed by atoms with Crippen molar-refractivity contribution < 1.29 is 4.39 Å². The molecule has 0 amide bonds. The second-order valence-electron chi connectivity index (χ2n) is 4.01. The maximum Gasteiger partial charge on any atom is 0.141 e. The summed E-state index contributed by atoms with van der Waals surface area (Å²) < 4.78 is 12.9. The average molecular weight is 245 g/mol. The van der Waals surface area contributed by atoms with E-state index in [1.54, 1.807) is 12.1 Å². The lowest BCUT2D eigenvalue weighted by Crippen LogP contribution is -2.25. The molecule has 0 bridgehead atoms. The quantitative estimate of drug-likeness (QED) is 0.754. The average Bonchev–Trinajstić information content (AvgIpc) is 2.22. The second kappa shape index (κ2) is 6.84. The van der Waals surface area contributed by atoms with Gasteiger partial charge in [-0.15, -0.1) is 0 Å². The van der Waals surface area contributed by atoms with E-state index >= 15 is 0 Å². The van der Waals surface area contributed by atoms with Gasteiger partial charge in [-0.25, -0.2) is 4.39 Å². The third-order valence-corrected chi connectivity index (χ3v) is 2.64. The standard InChI is InChI=1S/C12H18ClFN2/c1-9(15)4-6-16-7-5-10-2-3-12(14)11(13)8-10/h2-3,8-9,16H,4-7,15H2,1H3. The van der Waals surface area contributed by atoms with E-state index in [2.05, 4.69) is 5.32 Å². The Morgan fingerprint density at radius 2 is 2.19 bits per heavy atom. The topological polar surface area (TPSA) is 38.0 Å². The van der Waals surface area contributed by atoms with E-state index in [1.165, 1.54) is 6.07 Å². The fourth-order valence-corrected chi connectivity index (χ4v) is 1.59. The predicted molar refractivity (Wildman–Crippen MR) is 66.3 cm³/mol. The van der Waals surface area contributed by atoms with Crippen molar-refractivity contribution in [3.63, 3.8) is 0 Å². The highest BCUT2D eigenvalue weighted by Crippen LogP contribution is 2.15. The molecule has 90 valence electrons. The molecule has 0 aromatic heterocycles. The fraction of sp³-hybridized carbons (Fsp3) is 0.500. The summed E-state index contributed by atoms with van der Waals surface area (Å²) >= 11 is 5.68. The molecule has 0 spiro atoms. The Balaban J connectivity index is 2.24. The van der Waals surface area contributed by atoms with E-state index in [4.69, 9.17) is 17.3 Å². The van der Waals surface area contributed by atoms with Crippen molar-refractivity contribution in [2.75, 3.05) is 13.1 Å². The molecule has 2 nitrogen and oxygen atoms in total. The van der Waals surface area contributed by atoms with Crippen molar-refractivity contribution in [3.05, 3.63) is 34.6 Å². The maximum absolute atomic E-state index is 12.9. The molecule has 1 aromatic rings. The highest BCUT2D eigenvalue weighted by Gasteiger charge is 2.00. The third-order valence-electron chi connectivity index (χ3n) is 2.35. The fourth-order valence-electron chi connectivity index (χ4n) is 1.38. The number of hydrogen-bond acceptors (Lipinski definition) is 2. The first-order chi connectivity index (χ1) is 7.59. The van der Waals surface area contributed by atoms with Crippen molar-refractivity contribution in [1.82, 2.24) is 5.32 Å². The van der Waals surface area contributed by atoms with Gasteiger partial charge >= 0.3 is 0 Å². The van der Waals surface area contributed by atoms with Crippen LogP contribution < -0.4 is 11.1 Å². The van der Waals surface area contributed by atoms with Gasteiger partial charge in [-0.2, -0.15) is 0 Å². The van der Waals surface area contributed by atoms with E-state index in [-0.39, 0.29) is 16.9 Å². The third kappa shape index (κ3) is 4.92. The van der Waals surface area contributed by atoms with Gasteiger partial charge in [0.05, 0.1) is 5.02 Å². The Bertz CT molecular complexity index is 329. The first-order valence-electron chi connectivity index (χ1n) is 5.50. The molecule has 0 aliphatic rings. The molecule has 0 saturated carbocycles. The van der Waals surface area contributed by atoms with Crippen molar-refractivity contribution in [2.24, 2.45) is 5.73 Å². The van der Waals surface area contributed by atoms with Crippen molar-refractivity contribution in [3.8, 4) is 0 Å². The van der Waals surface area contributed by atoms with Crippen LogP contribution >= 0.6 is 11.6 Å². The van der Waals surface area contributed by atoms with E-state index in [0.717, 1.165) is 31.5 Å². The molecule has 4 heteroatoms. The summed E-state index contributed by atoms with van der Waals surface area (Å²) in [6.07, 6.45) is 1.81. The van der Waals surface area contributed by atoms with Crippen LogP contribution in [0.15, 0.2) is 18.2 Å². The van der Waals surface area contributed by atoms with Gasteiger partial charge < -0.3 is 11.1 Å². The molecule has 1 rings (SSSR count). The lowest BCUT2D eigenvalue weighted by Gasteiger charge is -2.07. The molecule has 3 N–H and O–H groups in total. The van der Waals surface area contributed by atoms with Crippen LogP contribution in [0.5, 0.6) is 0 Å². The maximum atomic E-state index is 12.9. The number of nitrogens with two attached hydrogens (primary N) is 1. The summed E-state index contributed by atoms with van der Waals surface area (Å²) in [7, 11) is 0. The molecule has 0 aliphatic heterocycles. The molecule has 16 heavy (non-hydrogen) atoms. The Hall–Kier alpha value is -0.640. The summed E-state index contributed by atoms with van der Waals surface area (Å²) in [5, 5.41) is 3.47. The van der Waals surface area contributed by atoms with E-state index < -0.39 is 0 Å². The zero-order chi connectivity index (χ0) is 12.0. The summed E-state index contributed by atoms with van der Waals surface area (Å²) in [6, 6.07) is 5.06. The Labute approximate surface area is 101 Å². The number of hydrogen-bond donors (Lipinski definition) is 2. The molecule has 0 heterocycles. The predicted octanol–water partition coefficient (Wildman–Crippen LogP) is 2.35. The minimum Gasteiger partial charge on any atom is -0.328 e. The van der Waals surface area contributed by atoms with Crippen molar-refractivity contribution in [1.29, 1.82) is 0 Å². The van der Waals surface area contributed by atoms with Crippen molar-refractivity contribution >= 4 is 11.6 Å². The molecular formula is C12H18ClFN2. The first kappa shape index (κ1) is 13.4. The lowest BCUT2D eigenvalue weighted by molar-refractivity contribution is 0.589. The van der Waals surface area contributed by atoms with E-state index in [9.17, 15) is 4.39 Å². The minimum absolute atomic E-state index is 0.188. The van der Waals surface area contributed by atoms with Crippen LogP contribution in [0.25, 0.3) is 0 Å². The lowest BCUT2D eigenvalue weighted by atomic mass is 10.1. The van der Waals surface area contributed by atoms with Crippen LogP contribution in [0.3, 0.4) is 0 Å². The minimum atomic E-state index is -0.365. The Morgan fingerprint density at radius 3 is 2.81 bits per heavy atom. The van der Waals surface area contributed by atoms with Gasteiger partial charge in [0.15, 0.2) is 0 Å². The number of benzene rings is 1. The Kier molecular flexibility index (Phi) is 5.74. The zero-order valence-corrected chi connectivity index (χ0v) is 10.2. The summed E-state index contributed by atoms with van der Waals surface area (Å²) in [5.74, 6) is -0.365. The van der Waals surface area contributed by atoms with Gasteiger partial charge in [-0.1, -0.05) is 17.7 Å². The molecule has 1 atom stereocenters. The monoisotopic (exact) mass is 244 g/mol. The van der Waals surface area contributed by atoms with Crippen molar-refractivity contribution in [2.45, 2.75) is 25.8 Å². The zero-order valence-electron chi connectivity index (χ0n) is 9.47. The highest BCUT2D eigenvalue weighted by molar-refractivity contribution is 6.30. The second-order valence-corrected chi connectivity index (χ2v) is 4.42. The van der Waals surface area contributed by atoms with Gasteiger partial charge in [-0.3, -0.25) is 0 Å². The summed E-state index contributed by atoms with van der Waals surface area (Å²) in [6.45, 7) is 3.75. The number of halogens is 2. The molecule has 0 aliphatic carbocycles. The van der Waals surface area contributed by atoms with Crippen LogP contribution in [-0.2, 0) is 6.42 Å². The molecular weight excluding hydrogens is 227 g/mol. The normalized spacial score (nSPS) is 12.8. The van der Waals surface area contributed by atoms with Crippen LogP contribution in [0.2, 0.25) is 5.02 Å². The van der Waals surface area contributed by atoms with Gasteiger partial charge in [0.2, 0.25) is 0 Å². The van der Waals surface area contributed by atoms with Gasteiger partial charge in [0.25, 0.3) is 0 Å². The van der Waals surface area contributed by atoms with Crippen LogP contribution in [-0.4, -0.2) is 19.1 Å². The molecule has 0 radical (unpaired) electrons. The largest absolute Gasteiger partial charge is 0.328 e. The SMILES string of the molecule is CC(N)CCNCCc1ccc(F)c(Cl)c1. The van der Waals surface area contributed by atoms with Gasteiger partial charge in [-0.05, 0) is 50.6 Å². The van der Waals surface area contributed by atoms with Crippen LogP contribution in [0.4, 0.5) is 4.39 Å². The van der Waals surface area contributed by atoms with Crippen LogP contribution in [0.1, 0.15) is 18.9 Å². The number of rotatable bonds is 6. The van der Waals surface area contributed by atoms with Crippen LogP contribution in [0, 0.1) is 5.82 Å². The number of nitrogens with one attached hydrogen (secondary N) is 1. The first-order valence-corrected chi connectivity index (χ1v) is 5.87. The molecule has 1 aromatic carbocycles. The smallest absolute Gasteiger partial charge is 0.141 e. The van der Waals surface area contributed by atoms with Gasteiger partial charge in [0, 0.05) is 6.04 Å². The Morgan fingerprint density at radius 1 is 1.44 bits per heavy atom. The molecule has 1 unspecified atom stereocenters. The molecule has 0 saturated heterocycles. The summed E-state index contributed by atoms with van der Waals surface area (Å²) in [4.78, 5) is 0. The van der Waals surface area contributed by atoms with E-state index in [1.807, 2.05) is 6.92 Å². The molecule has 0 fully saturated rings.